The summed E-state index contributed by atoms with van der Waals surface area (Å²) in [5.41, 5.74) is -2.37. The second kappa shape index (κ2) is 5.55. The third kappa shape index (κ3) is 3.87. The number of halogens is 3. The number of hydrogen-bond acceptors (Lipinski definition) is 3. The predicted octanol–water partition coefficient (Wildman–Crippen LogP) is 3.04. The summed E-state index contributed by atoms with van der Waals surface area (Å²) >= 11 is 0. The van der Waals surface area contributed by atoms with E-state index in [1.165, 1.54) is 0 Å². The summed E-state index contributed by atoms with van der Waals surface area (Å²) in [6.45, 7) is 0. The van der Waals surface area contributed by atoms with Crippen LogP contribution in [0.2, 0.25) is 0 Å². The molecular weight excluding hydrogens is 287 g/mol. The molecule has 1 aromatic carbocycles. The van der Waals surface area contributed by atoms with Gasteiger partial charge >= 0.3 is 6.18 Å². The van der Waals surface area contributed by atoms with E-state index in [2.05, 4.69) is 5.32 Å². The maximum atomic E-state index is 12.6. The van der Waals surface area contributed by atoms with E-state index >= 15 is 0 Å². The summed E-state index contributed by atoms with van der Waals surface area (Å²) in [7, 11) is 0. The Hall–Kier alpha value is -1.76. The number of carbonyl (C=O) groups excluding carboxylic acids is 1. The highest BCUT2D eigenvalue weighted by Gasteiger charge is 2.34. The van der Waals surface area contributed by atoms with Gasteiger partial charge in [0, 0.05) is 0 Å². The quantitative estimate of drug-likeness (QED) is 0.752. The fourth-order valence-corrected chi connectivity index (χ4v) is 2.52. The fraction of sp³-hybridized carbons (Fsp3) is 0.500. The Morgan fingerprint density at radius 3 is 2.48 bits per heavy atom. The molecular formula is C14H16F3NO3. The van der Waals surface area contributed by atoms with E-state index in [0.717, 1.165) is 25.0 Å². The first-order chi connectivity index (χ1) is 9.70. The first-order valence-electron chi connectivity index (χ1n) is 6.62. The smallest absolute Gasteiger partial charge is 0.416 e. The molecule has 21 heavy (non-hydrogen) atoms. The lowest BCUT2D eigenvalue weighted by Crippen LogP contribution is -2.30. The van der Waals surface area contributed by atoms with Crippen molar-refractivity contribution in [2.45, 2.75) is 43.9 Å². The van der Waals surface area contributed by atoms with Gasteiger partial charge in [0.1, 0.15) is 5.75 Å². The highest BCUT2D eigenvalue weighted by molar-refractivity contribution is 5.93. The summed E-state index contributed by atoms with van der Waals surface area (Å²) in [6.07, 6.45) is -2.12. The van der Waals surface area contributed by atoms with Gasteiger partial charge in [-0.1, -0.05) is 12.8 Å². The molecule has 0 spiro atoms. The zero-order valence-electron chi connectivity index (χ0n) is 11.2. The van der Waals surface area contributed by atoms with Crippen molar-refractivity contribution in [1.29, 1.82) is 0 Å². The number of aromatic hydroxyl groups is 1. The largest absolute Gasteiger partial charge is 0.506 e. The lowest BCUT2D eigenvalue weighted by molar-refractivity contribution is -0.137. The van der Waals surface area contributed by atoms with E-state index in [4.69, 9.17) is 0 Å². The van der Waals surface area contributed by atoms with Gasteiger partial charge in [-0.25, -0.2) is 0 Å². The van der Waals surface area contributed by atoms with E-state index in [0.29, 0.717) is 18.9 Å². The molecule has 1 aliphatic carbocycles. The molecule has 0 unspecified atom stereocenters. The molecule has 2 rings (SSSR count). The van der Waals surface area contributed by atoms with Gasteiger partial charge in [-0.15, -0.1) is 0 Å². The van der Waals surface area contributed by atoms with E-state index < -0.39 is 29.0 Å². The van der Waals surface area contributed by atoms with Gasteiger partial charge in [-0.05, 0) is 31.0 Å². The molecule has 4 nitrogen and oxygen atoms in total. The second-order valence-electron chi connectivity index (χ2n) is 5.39. The van der Waals surface area contributed by atoms with E-state index in [1.807, 2.05) is 0 Å². The highest BCUT2D eigenvalue weighted by atomic mass is 19.4. The average molecular weight is 303 g/mol. The molecule has 0 aliphatic heterocycles. The van der Waals surface area contributed by atoms with Crippen molar-refractivity contribution in [3.8, 4) is 5.75 Å². The van der Waals surface area contributed by atoms with Gasteiger partial charge in [0.15, 0.2) is 0 Å². The Balaban J connectivity index is 2.10. The number of benzene rings is 1. The van der Waals surface area contributed by atoms with Crippen LogP contribution in [-0.2, 0) is 11.0 Å². The Kier molecular flexibility index (Phi) is 4.13. The van der Waals surface area contributed by atoms with Crippen molar-refractivity contribution < 1.29 is 28.2 Å². The first-order valence-corrected chi connectivity index (χ1v) is 6.62. The minimum absolute atomic E-state index is 0.192. The maximum Gasteiger partial charge on any atom is 0.416 e. The van der Waals surface area contributed by atoms with Gasteiger partial charge in [0.25, 0.3) is 0 Å². The second-order valence-corrected chi connectivity index (χ2v) is 5.39. The number of carbonyl (C=O) groups is 1. The maximum absolute atomic E-state index is 12.6. The van der Waals surface area contributed by atoms with Gasteiger partial charge in [0.05, 0.1) is 23.3 Å². The lowest BCUT2D eigenvalue weighted by atomic mass is 9.97. The molecule has 1 fully saturated rings. The van der Waals surface area contributed by atoms with Gasteiger partial charge in [0.2, 0.25) is 5.91 Å². The Bertz CT molecular complexity index is 537. The number of nitrogens with one attached hydrogen (secondary N) is 1. The average Bonchev–Trinajstić information content (AvgIpc) is 2.77. The van der Waals surface area contributed by atoms with Crippen LogP contribution in [-0.4, -0.2) is 21.7 Å². The number of amides is 1. The third-order valence-electron chi connectivity index (χ3n) is 3.62. The molecule has 0 saturated heterocycles. The number of anilines is 1. The molecule has 1 aromatic rings. The molecule has 0 atom stereocenters. The number of rotatable bonds is 3. The number of hydrogen-bond donors (Lipinski definition) is 3. The van der Waals surface area contributed by atoms with Crippen molar-refractivity contribution in [3.63, 3.8) is 0 Å². The van der Waals surface area contributed by atoms with Crippen LogP contribution in [0.1, 0.15) is 37.7 Å². The summed E-state index contributed by atoms with van der Waals surface area (Å²) in [6, 6.07) is 2.28. The normalized spacial score (nSPS) is 17.7. The number of alkyl halides is 3. The fourth-order valence-electron chi connectivity index (χ4n) is 2.52. The monoisotopic (exact) mass is 303 g/mol. The molecule has 0 radical (unpaired) electrons. The lowest BCUT2D eigenvalue weighted by Gasteiger charge is -2.21. The van der Waals surface area contributed by atoms with E-state index in [9.17, 15) is 28.2 Å². The highest BCUT2D eigenvalue weighted by Crippen LogP contribution is 2.36. The van der Waals surface area contributed by atoms with Gasteiger partial charge in [-0.3, -0.25) is 4.79 Å². The number of phenols is 1. The summed E-state index contributed by atoms with van der Waals surface area (Å²) < 4.78 is 37.8. The molecule has 1 amide bonds. The summed E-state index contributed by atoms with van der Waals surface area (Å²) in [5, 5.41) is 21.8. The molecule has 0 aromatic heterocycles. The minimum atomic E-state index is -4.56. The standard InChI is InChI=1S/C14H16F3NO3/c15-14(16,17)9-3-4-11(19)10(7-9)18-12(20)8-13(21)5-1-2-6-13/h3-4,7,19,21H,1-2,5-6,8H2,(H,18,20). The zero-order chi connectivity index (χ0) is 15.7. The Labute approximate surface area is 119 Å². The summed E-state index contributed by atoms with van der Waals surface area (Å²) in [5.74, 6) is -1.07. The molecule has 7 heteroatoms. The number of phenolic OH excluding ortho intramolecular Hbond substituents is 1. The van der Waals surface area contributed by atoms with Crippen molar-refractivity contribution >= 4 is 11.6 Å². The van der Waals surface area contributed by atoms with Crippen LogP contribution in [0.5, 0.6) is 5.75 Å². The SMILES string of the molecule is O=C(CC1(O)CCCC1)Nc1cc(C(F)(F)F)ccc1O. The van der Waals surface area contributed by atoms with Crippen molar-refractivity contribution in [3.05, 3.63) is 23.8 Å². The van der Waals surface area contributed by atoms with Crippen LogP contribution in [0.4, 0.5) is 18.9 Å². The van der Waals surface area contributed by atoms with Gasteiger partial charge < -0.3 is 15.5 Å². The van der Waals surface area contributed by atoms with E-state index in [-0.39, 0.29) is 12.1 Å². The Morgan fingerprint density at radius 1 is 1.29 bits per heavy atom. The zero-order valence-corrected chi connectivity index (χ0v) is 11.2. The first kappa shape index (κ1) is 15.6. The van der Waals surface area contributed by atoms with Crippen LogP contribution in [0.3, 0.4) is 0 Å². The molecule has 3 N–H and O–H groups in total. The third-order valence-corrected chi connectivity index (χ3v) is 3.62. The molecule has 0 bridgehead atoms. The molecule has 1 aliphatic rings. The van der Waals surface area contributed by atoms with Crippen LogP contribution in [0.25, 0.3) is 0 Å². The van der Waals surface area contributed by atoms with Crippen molar-refractivity contribution in [2.24, 2.45) is 0 Å². The molecule has 0 heterocycles. The predicted molar refractivity (Wildman–Crippen MR) is 69.8 cm³/mol. The van der Waals surface area contributed by atoms with Crippen LogP contribution in [0, 0.1) is 0 Å². The Morgan fingerprint density at radius 2 is 1.90 bits per heavy atom. The van der Waals surface area contributed by atoms with Crippen LogP contribution in [0.15, 0.2) is 18.2 Å². The number of aliphatic hydroxyl groups is 1. The molecule has 1 saturated carbocycles. The van der Waals surface area contributed by atoms with Crippen LogP contribution < -0.4 is 5.32 Å². The van der Waals surface area contributed by atoms with Crippen LogP contribution >= 0.6 is 0 Å². The van der Waals surface area contributed by atoms with Crippen molar-refractivity contribution in [2.75, 3.05) is 5.32 Å². The topological polar surface area (TPSA) is 69.6 Å². The van der Waals surface area contributed by atoms with Crippen molar-refractivity contribution in [1.82, 2.24) is 0 Å². The summed E-state index contributed by atoms with van der Waals surface area (Å²) in [4.78, 5) is 11.8. The van der Waals surface area contributed by atoms with E-state index in [1.54, 1.807) is 0 Å². The molecule has 116 valence electrons. The van der Waals surface area contributed by atoms with Gasteiger partial charge in [-0.2, -0.15) is 13.2 Å². The minimum Gasteiger partial charge on any atom is -0.506 e.